The van der Waals surface area contributed by atoms with E-state index in [1.54, 1.807) is 0 Å². The molecule has 1 aliphatic rings. The van der Waals surface area contributed by atoms with Crippen LogP contribution >= 0.6 is 15.9 Å². The Kier molecular flexibility index (Phi) is 4.38. The van der Waals surface area contributed by atoms with Gasteiger partial charge in [0.15, 0.2) is 0 Å². The molecule has 5 heteroatoms. The highest BCUT2D eigenvalue weighted by molar-refractivity contribution is 9.10. The number of nitrogens with one attached hydrogen (secondary N) is 1. The highest BCUT2D eigenvalue weighted by atomic mass is 79.9. The maximum Gasteiger partial charge on any atom is 0.418 e. The molecule has 2 rings (SSSR count). The van der Waals surface area contributed by atoms with Gasteiger partial charge in [0.25, 0.3) is 0 Å². The minimum atomic E-state index is -4.33. The Labute approximate surface area is 126 Å². The Hall–Kier alpha value is -0.710. The van der Waals surface area contributed by atoms with Crippen molar-refractivity contribution < 1.29 is 13.2 Å². The molecule has 1 saturated carbocycles. The summed E-state index contributed by atoms with van der Waals surface area (Å²) >= 11 is 3.24. The third-order valence-electron chi connectivity index (χ3n) is 3.85. The van der Waals surface area contributed by atoms with E-state index in [4.69, 9.17) is 0 Å². The predicted molar refractivity (Wildman–Crippen MR) is 78.8 cm³/mol. The van der Waals surface area contributed by atoms with Crippen molar-refractivity contribution in [2.24, 2.45) is 5.41 Å². The Morgan fingerprint density at radius 1 is 1.30 bits per heavy atom. The lowest BCUT2D eigenvalue weighted by molar-refractivity contribution is -0.137. The van der Waals surface area contributed by atoms with Gasteiger partial charge in [-0.05, 0) is 42.9 Å². The highest BCUT2D eigenvalue weighted by Crippen LogP contribution is 2.40. The largest absolute Gasteiger partial charge is 0.418 e. The first kappa shape index (κ1) is 15.7. The second-order valence-corrected chi connectivity index (χ2v) is 7.21. The summed E-state index contributed by atoms with van der Waals surface area (Å²) in [5.74, 6) is 0. The molecule has 0 bridgehead atoms. The number of rotatable bonds is 2. The summed E-state index contributed by atoms with van der Waals surface area (Å²) in [7, 11) is 0. The summed E-state index contributed by atoms with van der Waals surface area (Å²) in [6.45, 7) is 4.35. The molecule has 0 radical (unpaired) electrons. The van der Waals surface area contributed by atoms with E-state index < -0.39 is 11.7 Å². The SMILES string of the molecule is CC1(C)CCCC(Nc2cc(Br)ccc2C(F)(F)F)C1. The van der Waals surface area contributed by atoms with Gasteiger partial charge in [-0.15, -0.1) is 0 Å². The lowest BCUT2D eigenvalue weighted by Gasteiger charge is -2.36. The van der Waals surface area contributed by atoms with Crippen LogP contribution in [0.4, 0.5) is 18.9 Å². The fourth-order valence-electron chi connectivity index (χ4n) is 2.92. The van der Waals surface area contributed by atoms with Crippen molar-refractivity contribution >= 4 is 21.6 Å². The summed E-state index contributed by atoms with van der Waals surface area (Å²) in [4.78, 5) is 0. The molecule has 1 nitrogen and oxygen atoms in total. The second kappa shape index (κ2) is 5.58. The van der Waals surface area contributed by atoms with Gasteiger partial charge in [0.05, 0.1) is 5.56 Å². The Morgan fingerprint density at radius 3 is 2.60 bits per heavy atom. The van der Waals surface area contributed by atoms with Crippen molar-refractivity contribution in [1.29, 1.82) is 0 Å². The quantitative estimate of drug-likeness (QED) is 0.706. The van der Waals surface area contributed by atoms with Crippen LogP contribution in [0.5, 0.6) is 0 Å². The molecule has 1 aliphatic carbocycles. The zero-order valence-electron chi connectivity index (χ0n) is 11.6. The standard InChI is InChI=1S/C15H19BrF3N/c1-14(2)7-3-4-11(9-14)20-13-8-10(16)5-6-12(13)15(17,18)19/h5-6,8,11,20H,3-4,7,9H2,1-2H3. The van der Waals surface area contributed by atoms with Gasteiger partial charge in [-0.2, -0.15) is 13.2 Å². The summed E-state index contributed by atoms with van der Waals surface area (Å²) in [6, 6.07) is 4.18. The first-order valence-corrected chi connectivity index (χ1v) is 7.60. The Bertz CT molecular complexity index is 482. The van der Waals surface area contributed by atoms with Gasteiger partial charge in [-0.1, -0.05) is 36.2 Å². The zero-order valence-corrected chi connectivity index (χ0v) is 13.2. The first-order valence-electron chi connectivity index (χ1n) is 6.81. The number of alkyl halides is 3. The van der Waals surface area contributed by atoms with Crippen molar-refractivity contribution in [3.05, 3.63) is 28.2 Å². The molecule has 1 unspecified atom stereocenters. The first-order chi connectivity index (χ1) is 9.17. The van der Waals surface area contributed by atoms with Crippen LogP contribution in [0.25, 0.3) is 0 Å². The summed E-state index contributed by atoms with van der Waals surface area (Å²) in [6.07, 6.45) is -0.312. The van der Waals surface area contributed by atoms with Crippen LogP contribution in [0, 0.1) is 5.41 Å². The van der Waals surface area contributed by atoms with Crippen LogP contribution in [-0.4, -0.2) is 6.04 Å². The van der Waals surface area contributed by atoms with Gasteiger partial charge < -0.3 is 5.32 Å². The minimum absolute atomic E-state index is 0.106. The van der Waals surface area contributed by atoms with Crippen molar-refractivity contribution in [2.75, 3.05) is 5.32 Å². The molecule has 112 valence electrons. The minimum Gasteiger partial charge on any atom is -0.382 e. The van der Waals surface area contributed by atoms with E-state index in [-0.39, 0.29) is 17.1 Å². The highest BCUT2D eigenvalue weighted by Gasteiger charge is 2.35. The van der Waals surface area contributed by atoms with Crippen LogP contribution in [-0.2, 0) is 6.18 Å². The molecule has 0 aliphatic heterocycles. The second-order valence-electron chi connectivity index (χ2n) is 6.29. The molecule has 1 aromatic carbocycles. The molecule has 0 aromatic heterocycles. The number of hydrogen-bond donors (Lipinski definition) is 1. The molecule has 0 spiro atoms. The van der Waals surface area contributed by atoms with Gasteiger partial charge in [-0.3, -0.25) is 0 Å². The van der Waals surface area contributed by atoms with Gasteiger partial charge in [0.1, 0.15) is 0 Å². The van der Waals surface area contributed by atoms with Crippen LogP contribution in [0.15, 0.2) is 22.7 Å². The fourth-order valence-corrected chi connectivity index (χ4v) is 3.29. The van der Waals surface area contributed by atoms with E-state index in [0.717, 1.165) is 31.7 Å². The normalized spacial score (nSPS) is 22.6. The molecule has 1 atom stereocenters. The zero-order chi connectivity index (χ0) is 15.0. The van der Waals surface area contributed by atoms with Gasteiger partial charge in [0, 0.05) is 16.2 Å². The number of anilines is 1. The molecular formula is C15H19BrF3N. The average Bonchev–Trinajstić information content (AvgIpc) is 2.25. The summed E-state index contributed by atoms with van der Waals surface area (Å²) in [5, 5.41) is 3.10. The number of benzene rings is 1. The van der Waals surface area contributed by atoms with E-state index in [1.165, 1.54) is 12.1 Å². The average molecular weight is 350 g/mol. The Morgan fingerprint density at radius 2 is 2.00 bits per heavy atom. The van der Waals surface area contributed by atoms with Crippen LogP contribution in [0.1, 0.15) is 45.1 Å². The summed E-state index contributed by atoms with van der Waals surface area (Å²) in [5.41, 5.74) is -0.223. The van der Waals surface area contributed by atoms with E-state index in [1.807, 2.05) is 0 Å². The van der Waals surface area contributed by atoms with Crippen molar-refractivity contribution in [2.45, 2.75) is 51.7 Å². The van der Waals surface area contributed by atoms with Crippen LogP contribution < -0.4 is 5.32 Å². The van der Waals surface area contributed by atoms with Crippen molar-refractivity contribution in [1.82, 2.24) is 0 Å². The lowest BCUT2D eigenvalue weighted by atomic mass is 9.75. The van der Waals surface area contributed by atoms with E-state index in [0.29, 0.717) is 4.47 Å². The molecule has 1 fully saturated rings. The molecule has 1 N–H and O–H groups in total. The van der Waals surface area contributed by atoms with Crippen LogP contribution in [0.2, 0.25) is 0 Å². The maximum atomic E-state index is 13.0. The van der Waals surface area contributed by atoms with E-state index >= 15 is 0 Å². The number of hydrogen-bond acceptors (Lipinski definition) is 1. The van der Waals surface area contributed by atoms with Gasteiger partial charge in [0.2, 0.25) is 0 Å². The monoisotopic (exact) mass is 349 g/mol. The van der Waals surface area contributed by atoms with Gasteiger partial charge >= 0.3 is 6.18 Å². The maximum absolute atomic E-state index is 13.0. The van der Waals surface area contributed by atoms with E-state index in [2.05, 4.69) is 35.1 Å². The third kappa shape index (κ3) is 3.90. The number of halogens is 4. The van der Waals surface area contributed by atoms with Crippen molar-refractivity contribution in [3.8, 4) is 0 Å². The Balaban J connectivity index is 2.22. The van der Waals surface area contributed by atoms with Crippen molar-refractivity contribution in [3.63, 3.8) is 0 Å². The smallest absolute Gasteiger partial charge is 0.382 e. The molecule has 1 aromatic rings. The van der Waals surface area contributed by atoms with Gasteiger partial charge in [-0.25, -0.2) is 0 Å². The third-order valence-corrected chi connectivity index (χ3v) is 4.35. The lowest BCUT2D eigenvalue weighted by Crippen LogP contribution is -2.32. The molecule has 0 saturated heterocycles. The molecule has 0 heterocycles. The van der Waals surface area contributed by atoms with Crippen LogP contribution in [0.3, 0.4) is 0 Å². The molecule has 0 amide bonds. The fraction of sp³-hybridized carbons (Fsp3) is 0.600. The topological polar surface area (TPSA) is 12.0 Å². The molecular weight excluding hydrogens is 331 g/mol. The predicted octanol–water partition coefficient (Wildman–Crippen LogP) is 5.85. The van der Waals surface area contributed by atoms with E-state index in [9.17, 15) is 13.2 Å². The summed E-state index contributed by atoms with van der Waals surface area (Å²) < 4.78 is 39.7. The molecule has 20 heavy (non-hydrogen) atoms.